The second kappa shape index (κ2) is 14.2. The molecule has 8 nitrogen and oxygen atoms in total. The molecule has 2 amide bonds. The number of hydrogen-bond acceptors (Lipinski definition) is 6. The number of para-hydroxylation sites is 4. The molecule has 8 aromatic carbocycles. The van der Waals surface area contributed by atoms with Crippen molar-refractivity contribution in [3.05, 3.63) is 193 Å². The van der Waals surface area contributed by atoms with Crippen LogP contribution in [0.4, 0.5) is 11.4 Å². The van der Waals surface area contributed by atoms with Gasteiger partial charge >= 0.3 is 17.1 Å². The van der Waals surface area contributed by atoms with E-state index < -0.39 is 17.1 Å². The molecular formula is C46H30N2O6P2. The van der Waals surface area contributed by atoms with E-state index in [1.54, 1.807) is 33.6 Å². The number of nitrogens with zero attached hydrogens (tertiary/aromatic N) is 2. The number of amides is 2. The number of rotatable bonds is 7. The average molecular weight is 769 g/mol. The van der Waals surface area contributed by atoms with Crippen LogP contribution in [0.15, 0.2) is 182 Å². The topological polar surface area (TPSA) is 77.5 Å². The maximum absolute atomic E-state index is 14.2. The van der Waals surface area contributed by atoms with Crippen LogP contribution in [-0.2, 0) is 0 Å². The summed E-state index contributed by atoms with van der Waals surface area (Å²) in [6.07, 6.45) is 0. The summed E-state index contributed by atoms with van der Waals surface area (Å²) in [6, 6.07) is 57.3. The summed E-state index contributed by atoms with van der Waals surface area (Å²) < 4.78 is 30.3. The minimum Gasteiger partial charge on any atom is -0.422 e. The first kappa shape index (κ1) is 33.8. The predicted octanol–water partition coefficient (Wildman–Crippen LogP) is 12.4. The number of benzene rings is 8. The molecule has 0 bridgehead atoms. The molecular weight excluding hydrogens is 738 g/mol. The van der Waals surface area contributed by atoms with Crippen molar-refractivity contribution in [2.75, 3.05) is 9.34 Å². The van der Waals surface area contributed by atoms with Gasteiger partial charge in [-0.2, -0.15) is 0 Å². The molecule has 0 fully saturated rings. The number of anilines is 2. The summed E-state index contributed by atoms with van der Waals surface area (Å²) in [5.74, 6) is 1.45. The van der Waals surface area contributed by atoms with Gasteiger partial charge in [0.05, 0.1) is 22.5 Å². The summed E-state index contributed by atoms with van der Waals surface area (Å²) in [4.78, 5) is 28.4. The van der Waals surface area contributed by atoms with E-state index in [4.69, 9.17) is 18.1 Å². The highest BCUT2D eigenvalue weighted by Crippen LogP contribution is 2.58. The minimum absolute atomic E-state index is 0.219. The van der Waals surface area contributed by atoms with E-state index in [0.29, 0.717) is 45.5 Å². The van der Waals surface area contributed by atoms with E-state index in [-0.39, 0.29) is 11.8 Å². The Kier molecular flexibility index (Phi) is 8.56. The van der Waals surface area contributed by atoms with Gasteiger partial charge in [-0.1, -0.05) is 121 Å². The van der Waals surface area contributed by atoms with Crippen molar-refractivity contribution in [3.63, 3.8) is 0 Å². The number of fused-ring (bicyclic) bond motifs is 4. The molecule has 56 heavy (non-hydrogen) atoms. The summed E-state index contributed by atoms with van der Waals surface area (Å²) in [7, 11) is -4.10. The van der Waals surface area contributed by atoms with Crippen molar-refractivity contribution in [1.29, 1.82) is 0 Å². The molecule has 0 saturated carbocycles. The Balaban J connectivity index is 1.16. The molecule has 0 aliphatic carbocycles. The Morgan fingerprint density at radius 2 is 0.768 bits per heavy atom. The predicted molar refractivity (Wildman–Crippen MR) is 223 cm³/mol. The highest BCUT2D eigenvalue weighted by Gasteiger charge is 2.41. The van der Waals surface area contributed by atoms with Crippen LogP contribution in [0.25, 0.3) is 32.7 Å². The Labute approximate surface area is 325 Å². The number of carbonyl (C=O) groups is 2. The fourth-order valence-electron chi connectivity index (χ4n) is 7.09. The zero-order valence-corrected chi connectivity index (χ0v) is 31.3. The van der Waals surface area contributed by atoms with Crippen molar-refractivity contribution in [1.82, 2.24) is 0 Å². The summed E-state index contributed by atoms with van der Waals surface area (Å²) in [5.41, 5.74) is 3.69. The van der Waals surface area contributed by atoms with Gasteiger partial charge < -0.3 is 18.1 Å². The summed E-state index contributed by atoms with van der Waals surface area (Å²) in [6.45, 7) is 0. The molecule has 10 heteroatoms. The van der Waals surface area contributed by atoms with Gasteiger partial charge in [-0.25, -0.2) is 9.34 Å². The molecule has 2 aliphatic heterocycles. The lowest BCUT2D eigenvalue weighted by Gasteiger charge is -2.35. The van der Waals surface area contributed by atoms with E-state index in [1.807, 2.05) is 158 Å². The van der Waals surface area contributed by atoms with Gasteiger partial charge in [-0.05, 0) is 82.2 Å². The van der Waals surface area contributed by atoms with Crippen LogP contribution in [0.3, 0.4) is 0 Å². The monoisotopic (exact) mass is 768 g/mol. The van der Waals surface area contributed by atoms with E-state index in [9.17, 15) is 9.59 Å². The minimum atomic E-state index is -2.05. The maximum atomic E-state index is 14.2. The molecule has 8 aromatic rings. The van der Waals surface area contributed by atoms with Crippen LogP contribution in [0.5, 0.6) is 23.0 Å². The van der Waals surface area contributed by atoms with Crippen molar-refractivity contribution < 1.29 is 27.7 Å². The first-order valence-electron chi connectivity index (χ1n) is 18.0. The summed E-state index contributed by atoms with van der Waals surface area (Å²) in [5, 5.41) is 3.74. The summed E-state index contributed by atoms with van der Waals surface area (Å²) >= 11 is 0. The van der Waals surface area contributed by atoms with Crippen LogP contribution in [0.2, 0.25) is 0 Å². The van der Waals surface area contributed by atoms with Gasteiger partial charge in [-0.15, -0.1) is 0 Å². The normalized spacial score (nSPS) is 16.1. The fraction of sp³-hybridized carbons (Fsp3) is 0. The van der Waals surface area contributed by atoms with E-state index in [1.165, 1.54) is 0 Å². The first-order chi connectivity index (χ1) is 27.6. The molecule has 2 aliphatic rings. The molecule has 0 saturated heterocycles. The van der Waals surface area contributed by atoms with Crippen LogP contribution < -0.4 is 27.4 Å². The zero-order valence-electron chi connectivity index (χ0n) is 29.6. The molecule has 10 rings (SSSR count). The average Bonchev–Trinajstić information content (AvgIpc) is 3.25. The molecule has 0 radical (unpaired) electrons. The molecule has 0 spiro atoms. The smallest absolute Gasteiger partial charge is 0.422 e. The van der Waals surface area contributed by atoms with Crippen LogP contribution in [-0.4, -0.2) is 11.8 Å². The zero-order chi connectivity index (χ0) is 37.6. The Morgan fingerprint density at radius 3 is 1.21 bits per heavy atom. The molecule has 2 atom stereocenters. The third-order valence-corrected chi connectivity index (χ3v) is 12.6. The molecule has 2 heterocycles. The van der Waals surface area contributed by atoms with Gasteiger partial charge in [0, 0.05) is 11.1 Å². The van der Waals surface area contributed by atoms with Crippen LogP contribution in [0.1, 0.15) is 20.7 Å². The highest BCUT2D eigenvalue weighted by atomic mass is 31.2. The third kappa shape index (κ3) is 5.88. The third-order valence-electron chi connectivity index (χ3n) is 9.69. The first-order valence-corrected chi connectivity index (χ1v) is 20.2. The lowest BCUT2D eigenvalue weighted by molar-refractivity contribution is 0.0986. The second-order valence-corrected chi connectivity index (χ2v) is 15.5. The lowest BCUT2D eigenvalue weighted by Crippen LogP contribution is -2.33. The molecule has 0 aromatic heterocycles. The van der Waals surface area contributed by atoms with Crippen molar-refractivity contribution in [2.24, 2.45) is 0 Å². The molecule has 270 valence electrons. The Morgan fingerprint density at radius 1 is 0.393 bits per heavy atom. The number of carbonyl (C=O) groups excluding carboxylic acids is 2. The van der Waals surface area contributed by atoms with Gasteiger partial charge in [-0.3, -0.25) is 9.59 Å². The van der Waals surface area contributed by atoms with Crippen molar-refractivity contribution in [2.45, 2.75) is 0 Å². The second-order valence-electron chi connectivity index (χ2n) is 13.1. The standard InChI is InChI=1S/C46H30N2O6P2/c49-45-37-23-11-13-25-39(37)51-55(47(45)33-17-3-1-4-18-33)53-41-29-27-31-15-7-9-21-35(31)43(41)44-36-22-10-8-16-32(36)28-30-42(44)54-56-48(34-19-5-2-6-20-34)46(50)38-24-12-14-26-40(38)52-56/h1-30H. The van der Waals surface area contributed by atoms with Crippen molar-refractivity contribution in [3.8, 4) is 34.1 Å². The number of hydrogen-bond donors (Lipinski definition) is 0. The molecule has 0 N–H and O–H groups in total. The fourth-order valence-corrected chi connectivity index (χ4v) is 9.94. The Hall–Kier alpha value is -6.72. The van der Waals surface area contributed by atoms with E-state index in [2.05, 4.69) is 0 Å². The van der Waals surface area contributed by atoms with Gasteiger partial charge in [0.1, 0.15) is 23.0 Å². The lowest BCUT2D eigenvalue weighted by atomic mass is 9.92. The van der Waals surface area contributed by atoms with Crippen molar-refractivity contribution >= 4 is 61.8 Å². The van der Waals surface area contributed by atoms with Crippen LogP contribution in [0, 0.1) is 0 Å². The molecule has 2 unspecified atom stereocenters. The van der Waals surface area contributed by atoms with Gasteiger partial charge in [0.15, 0.2) is 0 Å². The Bertz CT molecular complexity index is 2610. The highest BCUT2D eigenvalue weighted by molar-refractivity contribution is 7.52. The largest absolute Gasteiger partial charge is 0.424 e. The quantitative estimate of drug-likeness (QED) is 0.150. The van der Waals surface area contributed by atoms with E-state index in [0.717, 1.165) is 32.7 Å². The SMILES string of the molecule is O=C1c2ccccc2OP(Oc2ccc3ccccc3c2-c2c(OP3Oc4ccccc4C(=O)N3c3ccccc3)ccc3ccccc23)N1c1ccccc1. The van der Waals surface area contributed by atoms with Crippen LogP contribution >= 0.6 is 17.1 Å². The van der Waals surface area contributed by atoms with E-state index >= 15 is 0 Å². The van der Waals surface area contributed by atoms with Gasteiger partial charge in [0.2, 0.25) is 0 Å². The van der Waals surface area contributed by atoms with Gasteiger partial charge in [0.25, 0.3) is 11.8 Å². The maximum Gasteiger partial charge on any atom is 0.424 e.